The Balaban J connectivity index is 0. The van der Waals surface area contributed by atoms with Crippen LogP contribution in [0.15, 0.2) is 4.99 Å². The Bertz CT molecular complexity index is 216. The highest BCUT2D eigenvalue weighted by atomic mass is 127. The van der Waals surface area contributed by atoms with Gasteiger partial charge in [0.15, 0.2) is 5.96 Å². The number of halogens is 1. The molecule has 0 saturated carbocycles. The SMILES string of the molecule is CN=C(NCCCCSC)NCCOCC(C)C.I. The number of unbranched alkanes of at least 4 members (excludes halogenated alkanes) is 1. The zero-order valence-corrected chi connectivity index (χ0v) is 15.8. The van der Waals surface area contributed by atoms with E-state index in [2.05, 4.69) is 35.7 Å². The number of ether oxygens (including phenoxy) is 1. The molecule has 0 aromatic heterocycles. The van der Waals surface area contributed by atoms with Crippen LogP contribution in [0.2, 0.25) is 0 Å². The van der Waals surface area contributed by atoms with Gasteiger partial charge in [-0.05, 0) is 30.8 Å². The van der Waals surface area contributed by atoms with Crippen LogP contribution in [0.4, 0.5) is 0 Å². The van der Waals surface area contributed by atoms with Crippen molar-refractivity contribution in [2.45, 2.75) is 26.7 Å². The lowest BCUT2D eigenvalue weighted by Gasteiger charge is -2.12. The van der Waals surface area contributed by atoms with Crippen LogP contribution in [-0.2, 0) is 4.74 Å². The standard InChI is InChI=1S/C13H29N3OS.HI/c1-12(2)11-17-9-8-16-13(14-3)15-7-5-6-10-18-4;/h12H,5-11H2,1-4H3,(H2,14,15,16);1H. The minimum atomic E-state index is 0. The summed E-state index contributed by atoms with van der Waals surface area (Å²) in [5, 5.41) is 6.54. The van der Waals surface area contributed by atoms with Crippen LogP contribution >= 0.6 is 35.7 Å². The predicted octanol–water partition coefficient (Wildman–Crippen LogP) is 2.59. The molecule has 0 amide bonds. The zero-order chi connectivity index (χ0) is 13.6. The highest BCUT2D eigenvalue weighted by molar-refractivity contribution is 14.0. The highest BCUT2D eigenvalue weighted by Crippen LogP contribution is 1.97. The molecule has 0 heterocycles. The topological polar surface area (TPSA) is 45.7 Å². The molecule has 0 aliphatic heterocycles. The molecule has 0 aliphatic carbocycles. The van der Waals surface area contributed by atoms with Gasteiger partial charge in [-0.1, -0.05) is 13.8 Å². The van der Waals surface area contributed by atoms with Crippen LogP contribution in [0, 0.1) is 5.92 Å². The van der Waals surface area contributed by atoms with E-state index in [4.69, 9.17) is 4.74 Å². The lowest BCUT2D eigenvalue weighted by atomic mass is 10.2. The van der Waals surface area contributed by atoms with E-state index in [0.29, 0.717) is 5.92 Å². The molecule has 19 heavy (non-hydrogen) atoms. The first kappa shape index (κ1) is 21.6. The van der Waals surface area contributed by atoms with Gasteiger partial charge in [0.25, 0.3) is 0 Å². The monoisotopic (exact) mass is 403 g/mol. The van der Waals surface area contributed by atoms with Crippen molar-refractivity contribution >= 4 is 41.7 Å². The summed E-state index contributed by atoms with van der Waals surface area (Å²) in [6.45, 7) is 7.64. The number of rotatable bonds is 10. The summed E-state index contributed by atoms with van der Waals surface area (Å²) in [6.07, 6.45) is 4.58. The van der Waals surface area contributed by atoms with Gasteiger partial charge in [0, 0.05) is 26.7 Å². The maximum atomic E-state index is 5.50. The summed E-state index contributed by atoms with van der Waals surface area (Å²) >= 11 is 1.90. The Labute approximate surface area is 139 Å². The van der Waals surface area contributed by atoms with Gasteiger partial charge in [-0.15, -0.1) is 24.0 Å². The van der Waals surface area contributed by atoms with Crippen molar-refractivity contribution in [3.05, 3.63) is 0 Å². The van der Waals surface area contributed by atoms with Crippen LogP contribution in [0.25, 0.3) is 0 Å². The Morgan fingerprint density at radius 1 is 1.21 bits per heavy atom. The zero-order valence-electron chi connectivity index (χ0n) is 12.7. The lowest BCUT2D eigenvalue weighted by Crippen LogP contribution is -2.39. The van der Waals surface area contributed by atoms with E-state index >= 15 is 0 Å². The molecule has 0 fully saturated rings. The van der Waals surface area contributed by atoms with Gasteiger partial charge in [-0.3, -0.25) is 4.99 Å². The molecule has 0 radical (unpaired) electrons. The van der Waals surface area contributed by atoms with Crippen LogP contribution in [0.5, 0.6) is 0 Å². The summed E-state index contributed by atoms with van der Waals surface area (Å²) in [7, 11) is 1.80. The molecule has 0 spiro atoms. The molecule has 6 heteroatoms. The summed E-state index contributed by atoms with van der Waals surface area (Å²) in [5.74, 6) is 2.70. The normalized spacial score (nSPS) is 11.3. The first-order valence-electron chi connectivity index (χ1n) is 6.72. The highest BCUT2D eigenvalue weighted by Gasteiger charge is 1.97. The van der Waals surface area contributed by atoms with E-state index in [0.717, 1.165) is 32.3 Å². The van der Waals surface area contributed by atoms with Gasteiger partial charge in [0.05, 0.1) is 6.61 Å². The number of aliphatic imine (C=N–C) groups is 1. The first-order chi connectivity index (χ1) is 8.70. The summed E-state index contributed by atoms with van der Waals surface area (Å²) in [6, 6.07) is 0. The van der Waals surface area contributed by atoms with Crippen molar-refractivity contribution < 1.29 is 4.74 Å². The van der Waals surface area contributed by atoms with E-state index in [-0.39, 0.29) is 24.0 Å². The number of nitrogens with zero attached hydrogens (tertiary/aromatic N) is 1. The molecule has 0 bridgehead atoms. The fourth-order valence-corrected chi connectivity index (χ4v) is 1.85. The molecule has 0 aliphatic rings. The van der Waals surface area contributed by atoms with Crippen molar-refractivity contribution in [2.75, 3.05) is 45.4 Å². The summed E-state index contributed by atoms with van der Waals surface area (Å²) < 4.78 is 5.50. The van der Waals surface area contributed by atoms with Crippen molar-refractivity contribution in [1.29, 1.82) is 0 Å². The maximum absolute atomic E-state index is 5.50. The second-order valence-corrected chi connectivity index (χ2v) is 5.58. The average Bonchev–Trinajstić information content (AvgIpc) is 2.35. The van der Waals surface area contributed by atoms with Crippen molar-refractivity contribution in [2.24, 2.45) is 10.9 Å². The fraction of sp³-hybridized carbons (Fsp3) is 0.923. The van der Waals surface area contributed by atoms with Gasteiger partial charge in [0.1, 0.15) is 0 Å². The number of guanidine groups is 1. The van der Waals surface area contributed by atoms with E-state index < -0.39 is 0 Å². The third kappa shape index (κ3) is 16.3. The average molecular weight is 403 g/mol. The second-order valence-electron chi connectivity index (χ2n) is 4.59. The minimum Gasteiger partial charge on any atom is -0.379 e. The molecule has 0 rings (SSSR count). The minimum absolute atomic E-state index is 0. The van der Waals surface area contributed by atoms with Crippen LogP contribution < -0.4 is 10.6 Å². The van der Waals surface area contributed by atoms with E-state index in [1.54, 1.807) is 7.05 Å². The van der Waals surface area contributed by atoms with Crippen LogP contribution in [0.3, 0.4) is 0 Å². The maximum Gasteiger partial charge on any atom is 0.191 e. The Kier molecular flexibility index (Phi) is 18.6. The molecular weight excluding hydrogens is 373 g/mol. The summed E-state index contributed by atoms with van der Waals surface area (Å²) in [4.78, 5) is 4.17. The molecular formula is C13H30IN3OS. The smallest absolute Gasteiger partial charge is 0.191 e. The van der Waals surface area contributed by atoms with Crippen molar-refractivity contribution in [3.8, 4) is 0 Å². The van der Waals surface area contributed by atoms with E-state index in [1.165, 1.54) is 18.6 Å². The van der Waals surface area contributed by atoms with Crippen molar-refractivity contribution in [1.82, 2.24) is 10.6 Å². The number of hydrogen-bond acceptors (Lipinski definition) is 3. The van der Waals surface area contributed by atoms with Gasteiger partial charge < -0.3 is 15.4 Å². The molecule has 0 unspecified atom stereocenters. The number of hydrogen-bond donors (Lipinski definition) is 2. The Morgan fingerprint density at radius 3 is 2.47 bits per heavy atom. The molecule has 116 valence electrons. The van der Waals surface area contributed by atoms with E-state index in [9.17, 15) is 0 Å². The molecule has 0 aromatic carbocycles. The molecule has 2 N–H and O–H groups in total. The molecule has 0 saturated heterocycles. The molecule has 4 nitrogen and oxygen atoms in total. The van der Waals surface area contributed by atoms with Gasteiger partial charge in [-0.25, -0.2) is 0 Å². The van der Waals surface area contributed by atoms with E-state index in [1.807, 2.05) is 11.8 Å². The third-order valence-electron chi connectivity index (χ3n) is 2.28. The van der Waals surface area contributed by atoms with Crippen LogP contribution in [0.1, 0.15) is 26.7 Å². The first-order valence-corrected chi connectivity index (χ1v) is 8.11. The largest absolute Gasteiger partial charge is 0.379 e. The van der Waals surface area contributed by atoms with Crippen LogP contribution in [-0.4, -0.2) is 51.3 Å². The fourth-order valence-electron chi connectivity index (χ4n) is 1.36. The molecule has 0 atom stereocenters. The quantitative estimate of drug-likeness (QED) is 0.255. The molecule has 0 aromatic rings. The third-order valence-corrected chi connectivity index (χ3v) is 2.98. The predicted molar refractivity (Wildman–Crippen MR) is 98.1 cm³/mol. The van der Waals surface area contributed by atoms with Gasteiger partial charge in [0.2, 0.25) is 0 Å². The number of nitrogens with one attached hydrogen (secondary N) is 2. The summed E-state index contributed by atoms with van der Waals surface area (Å²) in [5.41, 5.74) is 0. The second kappa shape index (κ2) is 16.4. The van der Waals surface area contributed by atoms with Gasteiger partial charge >= 0.3 is 0 Å². The Hall–Kier alpha value is 0.310. The number of thioether (sulfide) groups is 1. The Morgan fingerprint density at radius 2 is 1.89 bits per heavy atom. The lowest BCUT2D eigenvalue weighted by molar-refractivity contribution is 0.114. The van der Waals surface area contributed by atoms with Gasteiger partial charge in [-0.2, -0.15) is 11.8 Å². The van der Waals surface area contributed by atoms with Crippen molar-refractivity contribution in [3.63, 3.8) is 0 Å².